The molecule has 0 radical (unpaired) electrons. The summed E-state index contributed by atoms with van der Waals surface area (Å²) < 4.78 is 0. The molecular formula is C11H16N3O2S+. The summed E-state index contributed by atoms with van der Waals surface area (Å²) in [6.45, 7) is 2.58. The molecule has 17 heavy (non-hydrogen) atoms. The van der Waals surface area contributed by atoms with Gasteiger partial charge in [-0.1, -0.05) is 0 Å². The quantitative estimate of drug-likeness (QED) is 0.675. The maximum absolute atomic E-state index is 11.8. The molecule has 2 amide bonds. The summed E-state index contributed by atoms with van der Waals surface area (Å²) in [4.78, 5) is 24.2. The molecule has 4 N–H and O–H groups in total. The van der Waals surface area contributed by atoms with Crippen molar-refractivity contribution < 1.29 is 14.5 Å². The third-order valence-electron chi connectivity index (χ3n) is 2.90. The highest BCUT2D eigenvalue weighted by Crippen LogP contribution is 2.22. The summed E-state index contributed by atoms with van der Waals surface area (Å²) in [6, 6.07) is 1.63. The maximum Gasteiger partial charge on any atom is 0.280 e. The second-order valence-electron chi connectivity index (χ2n) is 4.21. The van der Waals surface area contributed by atoms with Crippen molar-refractivity contribution in [2.45, 2.75) is 12.8 Å². The molecule has 6 heteroatoms. The van der Waals surface area contributed by atoms with Crippen LogP contribution >= 0.6 is 11.3 Å². The first-order valence-electron chi connectivity index (χ1n) is 5.67. The lowest BCUT2D eigenvalue weighted by Gasteiger charge is -2.11. The van der Waals surface area contributed by atoms with Gasteiger partial charge in [-0.15, -0.1) is 11.3 Å². The Hall–Kier alpha value is -1.40. The van der Waals surface area contributed by atoms with Crippen LogP contribution in [0.5, 0.6) is 0 Å². The normalized spacial score (nSPS) is 16.0. The average Bonchev–Trinajstić information content (AvgIpc) is 2.88. The summed E-state index contributed by atoms with van der Waals surface area (Å²) in [6.07, 6.45) is 2.38. The van der Waals surface area contributed by atoms with E-state index in [0.29, 0.717) is 17.1 Å². The van der Waals surface area contributed by atoms with Crippen molar-refractivity contribution in [3.63, 3.8) is 0 Å². The van der Waals surface area contributed by atoms with Gasteiger partial charge in [-0.05, 0) is 11.4 Å². The van der Waals surface area contributed by atoms with E-state index in [1.54, 1.807) is 11.4 Å². The van der Waals surface area contributed by atoms with Gasteiger partial charge in [-0.2, -0.15) is 0 Å². The van der Waals surface area contributed by atoms with Crippen molar-refractivity contribution in [2.75, 3.05) is 25.0 Å². The van der Waals surface area contributed by atoms with E-state index >= 15 is 0 Å². The Morgan fingerprint density at radius 1 is 1.41 bits per heavy atom. The minimum atomic E-state index is -0.505. The van der Waals surface area contributed by atoms with Crippen LogP contribution in [0.25, 0.3) is 0 Å². The number of carbonyl (C=O) groups excluding carboxylic acids is 2. The Balaban J connectivity index is 1.93. The number of amides is 2. The van der Waals surface area contributed by atoms with Gasteiger partial charge in [0, 0.05) is 12.8 Å². The Labute approximate surface area is 104 Å². The molecule has 5 nitrogen and oxygen atoms in total. The predicted molar refractivity (Wildman–Crippen MR) is 66.3 cm³/mol. The van der Waals surface area contributed by atoms with Crippen LogP contribution in [0.2, 0.25) is 0 Å². The number of hydrogen-bond acceptors (Lipinski definition) is 3. The van der Waals surface area contributed by atoms with Crippen molar-refractivity contribution in [3.05, 3.63) is 17.0 Å². The monoisotopic (exact) mass is 254 g/mol. The summed E-state index contributed by atoms with van der Waals surface area (Å²) >= 11 is 1.32. The summed E-state index contributed by atoms with van der Waals surface area (Å²) in [5.74, 6) is -0.554. The van der Waals surface area contributed by atoms with E-state index in [-0.39, 0.29) is 5.91 Å². The van der Waals surface area contributed by atoms with E-state index in [4.69, 9.17) is 5.73 Å². The van der Waals surface area contributed by atoms with Gasteiger partial charge in [0.15, 0.2) is 6.54 Å². The summed E-state index contributed by atoms with van der Waals surface area (Å²) in [7, 11) is 0. The zero-order chi connectivity index (χ0) is 12.3. The van der Waals surface area contributed by atoms with Gasteiger partial charge >= 0.3 is 0 Å². The number of nitrogens with one attached hydrogen (secondary N) is 2. The van der Waals surface area contributed by atoms with Crippen molar-refractivity contribution in [3.8, 4) is 0 Å². The Kier molecular flexibility index (Phi) is 3.75. The van der Waals surface area contributed by atoms with Crippen LogP contribution in [-0.4, -0.2) is 31.4 Å². The van der Waals surface area contributed by atoms with Gasteiger partial charge in [0.25, 0.3) is 11.8 Å². The first-order valence-corrected chi connectivity index (χ1v) is 6.55. The molecule has 1 aliphatic heterocycles. The van der Waals surface area contributed by atoms with Gasteiger partial charge in [0.2, 0.25) is 0 Å². The van der Waals surface area contributed by atoms with E-state index in [9.17, 15) is 9.59 Å². The number of primary amides is 1. The molecule has 0 saturated carbocycles. The van der Waals surface area contributed by atoms with E-state index in [0.717, 1.165) is 13.1 Å². The highest BCUT2D eigenvalue weighted by atomic mass is 32.1. The maximum atomic E-state index is 11.8. The predicted octanol–water partition coefficient (Wildman–Crippen LogP) is -0.536. The van der Waals surface area contributed by atoms with Gasteiger partial charge in [-0.25, -0.2) is 0 Å². The van der Waals surface area contributed by atoms with Gasteiger partial charge in [-0.3, -0.25) is 9.59 Å². The Morgan fingerprint density at radius 3 is 2.76 bits per heavy atom. The zero-order valence-electron chi connectivity index (χ0n) is 9.49. The molecule has 0 unspecified atom stereocenters. The number of carbonyl (C=O) groups is 2. The standard InChI is InChI=1S/C11H15N3O2S/c12-10(16)8-3-6-17-11(8)13-9(15)7-14-4-1-2-5-14/h3,6H,1-2,4-5,7H2,(H2,12,16)(H,13,15)/p+1. The lowest BCUT2D eigenvalue weighted by atomic mass is 10.3. The third-order valence-corrected chi connectivity index (χ3v) is 3.73. The van der Waals surface area contributed by atoms with Gasteiger partial charge < -0.3 is 16.0 Å². The van der Waals surface area contributed by atoms with E-state index < -0.39 is 5.91 Å². The molecule has 1 saturated heterocycles. The zero-order valence-corrected chi connectivity index (χ0v) is 10.3. The molecule has 0 spiro atoms. The fraction of sp³-hybridized carbons (Fsp3) is 0.455. The molecule has 0 aromatic carbocycles. The Morgan fingerprint density at radius 2 is 2.12 bits per heavy atom. The van der Waals surface area contributed by atoms with E-state index in [1.807, 2.05) is 0 Å². The molecule has 92 valence electrons. The number of quaternary nitrogens is 1. The van der Waals surface area contributed by atoms with Crippen LogP contribution in [0, 0.1) is 0 Å². The van der Waals surface area contributed by atoms with Gasteiger partial charge in [0.05, 0.1) is 18.7 Å². The van der Waals surface area contributed by atoms with Crippen LogP contribution in [-0.2, 0) is 4.79 Å². The second-order valence-corrected chi connectivity index (χ2v) is 5.13. The minimum Gasteiger partial charge on any atom is -0.366 e. The van der Waals surface area contributed by atoms with Gasteiger partial charge in [0.1, 0.15) is 5.00 Å². The molecule has 2 rings (SSSR count). The lowest BCUT2D eigenvalue weighted by molar-refractivity contribution is -0.878. The van der Waals surface area contributed by atoms with E-state index in [2.05, 4.69) is 5.32 Å². The van der Waals surface area contributed by atoms with Crippen molar-refractivity contribution >= 4 is 28.2 Å². The number of likely N-dealkylation sites (tertiary alicyclic amines) is 1. The number of hydrogen-bond donors (Lipinski definition) is 3. The molecule has 0 bridgehead atoms. The Bertz CT molecular complexity index is 424. The molecule has 1 aromatic heterocycles. The molecule has 1 fully saturated rings. The second kappa shape index (κ2) is 5.29. The van der Waals surface area contributed by atoms with Crippen LogP contribution in [0.15, 0.2) is 11.4 Å². The van der Waals surface area contributed by atoms with Crippen LogP contribution in [0.1, 0.15) is 23.2 Å². The molecular weight excluding hydrogens is 238 g/mol. The SMILES string of the molecule is NC(=O)c1ccsc1NC(=O)C[NH+]1CCCC1. The number of thiophene rings is 1. The molecule has 1 aromatic rings. The molecule has 0 aliphatic carbocycles. The first-order chi connectivity index (χ1) is 8.16. The largest absolute Gasteiger partial charge is 0.366 e. The smallest absolute Gasteiger partial charge is 0.280 e. The fourth-order valence-corrected chi connectivity index (χ4v) is 2.86. The topological polar surface area (TPSA) is 76.6 Å². The summed E-state index contributed by atoms with van der Waals surface area (Å²) in [5, 5.41) is 5.06. The fourth-order valence-electron chi connectivity index (χ4n) is 2.05. The number of nitrogens with two attached hydrogens (primary N) is 1. The summed E-state index contributed by atoms with van der Waals surface area (Å²) in [5.41, 5.74) is 5.60. The average molecular weight is 254 g/mol. The number of rotatable bonds is 4. The van der Waals surface area contributed by atoms with Crippen molar-refractivity contribution in [1.82, 2.24) is 0 Å². The molecule has 2 heterocycles. The lowest BCUT2D eigenvalue weighted by Crippen LogP contribution is -3.11. The first kappa shape index (κ1) is 12.1. The highest BCUT2D eigenvalue weighted by Gasteiger charge is 2.20. The number of anilines is 1. The third kappa shape index (κ3) is 3.04. The van der Waals surface area contributed by atoms with E-state index in [1.165, 1.54) is 29.1 Å². The minimum absolute atomic E-state index is 0.0492. The highest BCUT2D eigenvalue weighted by molar-refractivity contribution is 7.14. The van der Waals surface area contributed by atoms with Crippen molar-refractivity contribution in [2.24, 2.45) is 5.73 Å². The van der Waals surface area contributed by atoms with Crippen LogP contribution in [0.3, 0.4) is 0 Å². The molecule has 0 atom stereocenters. The van der Waals surface area contributed by atoms with Crippen molar-refractivity contribution in [1.29, 1.82) is 0 Å². The molecule has 1 aliphatic rings. The van der Waals surface area contributed by atoms with Crippen LogP contribution < -0.4 is 16.0 Å². The van der Waals surface area contributed by atoms with Crippen LogP contribution in [0.4, 0.5) is 5.00 Å².